The summed E-state index contributed by atoms with van der Waals surface area (Å²) in [5.41, 5.74) is 0. The molecule has 0 spiro atoms. The first kappa shape index (κ1) is 18.5. The van der Waals surface area contributed by atoms with E-state index in [1.54, 1.807) is 42.7 Å². The van der Waals surface area contributed by atoms with Crippen LogP contribution >= 0.6 is 0 Å². The topological polar surface area (TPSA) is 67.2 Å². The molecule has 1 saturated carbocycles. The molecule has 2 N–H and O–H groups in total. The zero-order chi connectivity index (χ0) is 19.5. The van der Waals surface area contributed by atoms with Gasteiger partial charge in [0.25, 0.3) is 0 Å². The number of amides is 1. The van der Waals surface area contributed by atoms with Crippen LogP contribution in [0.3, 0.4) is 0 Å². The Kier molecular flexibility index (Phi) is 5.28. The molecule has 0 unspecified atom stereocenters. The van der Waals surface area contributed by atoms with Crippen molar-refractivity contribution in [2.75, 3.05) is 5.32 Å². The van der Waals surface area contributed by atoms with Gasteiger partial charge >= 0.3 is 0 Å². The van der Waals surface area contributed by atoms with Crippen LogP contribution in [0.4, 0.5) is 10.2 Å². The quantitative estimate of drug-likeness (QED) is 0.651. The lowest BCUT2D eigenvalue weighted by molar-refractivity contribution is -0.120. The first-order valence-corrected chi connectivity index (χ1v) is 9.83. The summed E-state index contributed by atoms with van der Waals surface area (Å²) in [6.45, 7) is 0. The van der Waals surface area contributed by atoms with Gasteiger partial charge in [0.2, 0.25) is 5.91 Å². The number of fused-ring (bicyclic) bond motifs is 1. The molecule has 1 atom stereocenters. The van der Waals surface area contributed by atoms with E-state index in [2.05, 4.69) is 10.3 Å². The minimum atomic E-state index is -0.628. The molecule has 0 aliphatic heterocycles. The summed E-state index contributed by atoms with van der Waals surface area (Å²) in [4.78, 5) is 17.3. The summed E-state index contributed by atoms with van der Waals surface area (Å²) in [6, 6.07) is 9.26. The van der Waals surface area contributed by atoms with E-state index in [0.29, 0.717) is 28.9 Å². The number of pyridine rings is 1. The van der Waals surface area contributed by atoms with Crippen LogP contribution in [0.25, 0.3) is 10.8 Å². The Bertz CT molecular complexity index is 965. The highest BCUT2D eigenvalue weighted by molar-refractivity contribution is 5.95. The molecule has 1 fully saturated rings. The number of carbonyl (C=O) groups is 1. The minimum Gasteiger partial charge on any atom is -0.494 e. The molecule has 0 bridgehead atoms. The Balaban J connectivity index is 1.69. The largest absolute Gasteiger partial charge is 0.494 e. The van der Waals surface area contributed by atoms with Crippen LogP contribution in [0.1, 0.15) is 44.6 Å². The van der Waals surface area contributed by atoms with Crippen LogP contribution < -0.4 is 5.32 Å². The predicted octanol–water partition coefficient (Wildman–Crippen LogP) is 5.03. The number of benzene rings is 1. The molecule has 146 valence electrons. The van der Waals surface area contributed by atoms with Crippen molar-refractivity contribution in [2.45, 2.75) is 44.6 Å². The van der Waals surface area contributed by atoms with E-state index in [4.69, 9.17) is 0 Å². The lowest BCUT2D eigenvalue weighted by atomic mass is 9.84. The lowest BCUT2D eigenvalue weighted by Gasteiger charge is -2.27. The van der Waals surface area contributed by atoms with E-state index in [1.165, 1.54) is 17.1 Å². The molecule has 0 radical (unpaired) electrons. The Morgan fingerprint density at radius 2 is 2.00 bits per heavy atom. The summed E-state index contributed by atoms with van der Waals surface area (Å²) >= 11 is 0. The SMILES string of the molecule is O=C(Nc1ccccn1)[C@H](CC1CCCCC1)n1cc2c(F)cccc2c1O. The molecule has 1 aliphatic rings. The van der Waals surface area contributed by atoms with Crippen LogP contribution in [0.5, 0.6) is 5.88 Å². The second-order valence-corrected chi connectivity index (χ2v) is 7.52. The van der Waals surface area contributed by atoms with Crippen molar-refractivity contribution in [1.82, 2.24) is 9.55 Å². The second kappa shape index (κ2) is 8.00. The highest BCUT2D eigenvalue weighted by Crippen LogP contribution is 2.37. The lowest BCUT2D eigenvalue weighted by Crippen LogP contribution is -2.28. The number of anilines is 1. The number of hydrogen-bond acceptors (Lipinski definition) is 3. The molecule has 1 aliphatic carbocycles. The minimum absolute atomic E-state index is 0.0773. The van der Waals surface area contributed by atoms with Crippen molar-refractivity contribution in [3.8, 4) is 5.88 Å². The Hall–Kier alpha value is -2.89. The Morgan fingerprint density at radius 3 is 2.71 bits per heavy atom. The Labute approximate surface area is 163 Å². The number of nitrogens with one attached hydrogen (secondary N) is 1. The average Bonchev–Trinajstić information content (AvgIpc) is 3.05. The van der Waals surface area contributed by atoms with Gasteiger partial charge in [-0.3, -0.25) is 4.79 Å². The molecule has 3 aromatic rings. The Morgan fingerprint density at radius 1 is 1.18 bits per heavy atom. The van der Waals surface area contributed by atoms with Crippen molar-refractivity contribution in [2.24, 2.45) is 5.92 Å². The third-order valence-electron chi connectivity index (χ3n) is 5.64. The number of aromatic hydroxyl groups is 1. The zero-order valence-electron chi connectivity index (χ0n) is 15.6. The monoisotopic (exact) mass is 381 g/mol. The van der Waals surface area contributed by atoms with Crippen molar-refractivity contribution < 1.29 is 14.3 Å². The van der Waals surface area contributed by atoms with Gasteiger partial charge in [0.15, 0.2) is 5.88 Å². The van der Waals surface area contributed by atoms with Crippen molar-refractivity contribution in [3.05, 3.63) is 54.6 Å². The van der Waals surface area contributed by atoms with Gasteiger partial charge in [-0.2, -0.15) is 0 Å². The summed E-state index contributed by atoms with van der Waals surface area (Å²) < 4.78 is 15.7. The molecule has 6 heteroatoms. The third kappa shape index (κ3) is 3.72. The van der Waals surface area contributed by atoms with Gasteiger partial charge in [0, 0.05) is 23.2 Å². The first-order valence-electron chi connectivity index (χ1n) is 9.83. The van der Waals surface area contributed by atoms with E-state index in [-0.39, 0.29) is 11.8 Å². The predicted molar refractivity (Wildman–Crippen MR) is 107 cm³/mol. The molecule has 2 aromatic heterocycles. The van der Waals surface area contributed by atoms with Gasteiger partial charge in [-0.15, -0.1) is 0 Å². The van der Waals surface area contributed by atoms with Crippen LogP contribution in [0, 0.1) is 11.7 Å². The van der Waals surface area contributed by atoms with Crippen LogP contribution in [-0.4, -0.2) is 20.6 Å². The molecule has 1 amide bonds. The zero-order valence-corrected chi connectivity index (χ0v) is 15.6. The van der Waals surface area contributed by atoms with Crippen molar-refractivity contribution >= 4 is 22.5 Å². The van der Waals surface area contributed by atoms with Crippen molar-refractivity contribution in [1.29, 1.82) is 0 Å². The molecular formula is C22H24FN3O2. The van der Waals surface area contributed by atoms with Gasteiger partial charge < -0.3 is 15.0 Å². The maximum atomic E-state index is 14.2. The fraction of sp³-hybridized carbons (Fsp3) is 0.364. The van der Waals surface area contributed by atoms with Gasteiger partial charge in [0.1, 0.15) is 17.7 Å². The molecule has 1 aromatic carbocycles. The summed E-state index contributed by atoms with van der Waals surface area (Å²) in [5.74, 6) is 0.131. The van der Waals surface area contributed by atoms with Gasteiger partial charge in [-0.05, 0) is 36.6 Å². The first-order chi connectivity index (χ1) is 13.6. The number of halogens is 1. The normalized spacial score (nSPS) is 16.2. The summed E-state index contributed by atoms with van der Waals surface area (Å²) in [6.07, 6.45) is 9.46. The third-order valence-corrected chi connectivity index (χ3v) is 5.64. The standard InChI is InChI=1S/C22H24FN3O2/c23-18-10-6-9-16-17(18)14-26(22(16)28)19(13-15-7-2-1-3-8-15)21(27)25-20-11-4-5-12-24-20/h4-6,9-12,14-15,19,28H,1-3,7-8,13H2,(H,24,25,27)/t19-/m0/s1. The van der Waals surface area contributed by atoms with E-state index in [9.17, 15) is 14.3 Å². The van der Waals surface area contributed by atoms with Gasteiger partial charge in [0.05, 0.1) is 0 Å². The molecule has 5 nitrogen and oxygen atoms in total. The van der Waals surface area contributed by atoms with Gasteiger partial charge in [-0.25, -0.2) is 9.37 Å². The smallest absolute Gasteiger partial charge is 0.248 e. The number of carbonyl (C=O) groups excluding carboxylic acids is 1. The molecule has 4 rings (SSSR count). The number of hydrogen-bond donors (Lipinski definition) is 2. The van der Waals surface area contributed by atoms with E-state index in [1.807, 2.05) is 0 Å². The fourth-order valence-corrected chi connectivity index (χ4v) is 4.17. The van der Waals surface area contributed by atoms with E-state index >= 15 is 0 Å². The molecule has 0 saturated heterocycles. The number of nitrogens with zero attached hydrogens (tertiary/aromatic N) is 2. The maximum absolute atomic E-state index is 14.2. The second-order valence-electron chi connectivity index (χ2n) is 7.52. The highest BCUT2D eigenvalue weighted by Gasteiger charge is 2.29. The molecular weight excluding hydrogens is 357 g/mol. The van der Waals surface area contributed by atoms with E-state index in [0.717, 1.165) is 25.7 Å². The van der Waals surface area contributed by atoms with Crippen LogP contribution in [-0.2, 0) is 4.79 Å². The van der Waals surface area contributed by atoms with Gasteiger partial charge in [-0.1, -0.05) is 44.2 Å². The summed E-state index contributed by atoms with van der Waals surface area (Å²) in [7, 11) is 0. The average molecular weight is 381 g/mol. The number of rotatable bonds is 5. The molecule has 2 heterocycles. The van der Waals surface area contributed by atoms with Crippen molar-refractivity contribution in [3.63, 3.8) is 0 Å². The number of aromatic nitrogens is 2. The fourth-order valence-electron chi connectivity index (χ4n) is 4.17. The van der Waals surface area contributed by atoms with Crippen LogP contribution in [0.15, 0.2) is 48.8 Å². The molecule has 28 heavy (non-hydrogen) atoms. The highest BCUT2D eigenvalue weighted by atomic mass is 19.1. The summed E-state index contributed by atoms with van der Waals surface area (Å²) in [5, 5.41) is 14.3. The van der Waals surface area contributed by atoms with E-state index < -0.39 is 11.9 Å². The maximum Gasteiger partial charge on any atom is 0.248 e. The van der Waals surface area contributed by atoms with Crippen LogP contribution in [0.2, 0.25) is 0 Å².